The molecule has 0 bridgehead atoms. The number of anilines is 1. The highest BCUT2D eigenvalue weighted by Gasteiger charge is 2.39. The lowest BCUT2D eigenvalue weighted by molar-refractivity contribution is 0.339. The average Bonchev–Trinajstić information content (AvgIpc) is 2.96. The van der Waals surface area contributed by atoms with E-state index in [1.807, 2.05) is 18.2 Å². The molecule has 0 amide bonds. The second kappa shape index (κ2) is 6.39. The van der Waals surface area contributed by atoms with Crippen LogP contribution in [0.1, 0.15) is 26.2 Å². The molecular weight excluding hydrogens is 346 g/mol. The third-order valence-electron chi connectivity index (χ3n) is 5.82. The number of benzene rings is 1. The first-order valence-corrected chi connectivity index (χ1v) is 9.97. The summed E-state index contributed by atoms with van der Waals surface area (Å²) in [5.41, 5.74) is 1.98. The summed E-state index contributed by atoms with van der Waals surface area (Å²) in [6.45, 7) is 5.37. The minimum atomic E-state index is 0.250. The molecule has 1 aromatic rings. The van der Waals surface area contributed by atoms with Crippen LogP contribution in [0.2, 0.25) is 5.02 Å². The number of fused-ring (bicyclic) bond motifs is 4. The van der Waals surface area contributed by atoms with Crippen LogP contribution < -0.4 is 10.2 Å². The van der Waals surface area contributed by atoms with Gasteiger partial charge in [-0.2, -0.15) is 0 Å². The number of amidine groups is 2. The molecule has 136 valence electrons. The van der Waals surface area contributed by atoms with E-state index in [1.54, 1.807) is 0 Å². The van der Waals surface area contributed by atoms with E-state index in [9.17, 15) is 0 Å². The molecule has 4 heterocycles. The number of halogens is 1. The Kier molecular flexibility index (Phi) is 4.02. The molecule has 3 unspecified atom stereocenters. The number of hydrogen-bond donors (Lipinski definition) is 1. The molecule has 5 rings (SSSR count). The van der Waals surface area contributed by atoms with Gasteiger partial charge in [0.2, 0.25) is 0 Å². The maximum absolute atomic E-state index is 6.27. The molecule has 26 heavy (non-hydrogen) atoms. The number of likely N-dealkylation sites (tertiary alicyclic amines) is 1. The maximum Gasteiger partial charge on any atom is 0.176 e. The molecule has 0 saturated carbocycles. The smallest absolute Gasteiger partial charge is 0.176 e. The Labute approximate surface area is 159 Å². The fourth-order valence-corrected chi connectivity index (χ4v) is 4.66. The zero-order valence-corrected chi connectivity index (χ0v) is 15.8. The van der Waals surface area contributed by atoms with Crippen molar-refractivity contribution in [2.24, 2.45) is 15.9 Å². The van der Waals surface area contributed by atoms with Gasteiger partial charge in [0.05, 0.1) is 17.4 Å². The number of hydrogen-bond acceptors (Lipinski definition) is 5. The first kappa shape index (κ1) is 16.3. The van der Waals surface area contributed by atoms with Crippen LogP contribution in [-0.4, -0.2) is 48.3 Å². The second-order valence-electron chi connectivity index (χ2n) is 7.73. The van der Waals surface area contributed by atoms with Gasteiger partial charge in [-0.25, -0.2) is 4.99 Å². The maximum atomic E-state index is 6.27. The second-order valence-corrected chi connectivity index (χ2v) is 8.16. The van der Waals surface area contributed by atoms with Crippen molar-refractivity contribution in [3.8, 4) is 0 Å². The zero-order chi connectivity index (χ0) is 17.7. The molecular formula is C20H24ClN5. The van der Waals surface area contributed by atoms with Crippen LogP contribution in [0.5, 0.6) is 0 Å². The van der Waals surface area contributed by atoms with Gasteiger partial charge in [-0.1, -0.05) is 17.7 Å². The van der Waals surface area contributed by atoms with Crippen molar-refractivity contribution in [1.82, 2.24) is 10.2 Å². The van der Waals surface area contributed by atoms with Crippen molar-refractivity contribution in [1.29, 1.82) is 0 Å². The van der Waals surface area contributed by atoms with E-state index >= 15 is 0 Å². The number of nitrogens with one attached hydrogen (secondary N) is 1. The molecule has 0 spiro atoms. The summed E-state index contributed by atoms with van der Waals surface area (Å²) in [7, 11) is 0. The number of aliphatic imine (C=N–C) groups is 2. The fraction of sp³-hybridized carbons (Fsp3) is 0.500. The topological polar surface area (TPSA) is 43.2 Å². The van der Waals surface area contributed by atoms with Crippen molar-refractivity contribution >= 4 is 34.6 Å². The Morgan fingerprint density at radius 1 is 1.23 bits per heavy atom. The van der Waals surface area contributed by atoms with Crippen LogP contribution in [0, 0.1) is 5.92 Å². The molecule has 4 aliphatic heterocycles. The summed E-state index contributed by atoms with van der Waals surface area (Å²) in [6, 6.07) is 6.74. The molecule has 3 atom stereocenters. The SMILES string of the molecule is CC1CC=CN2C(=N1)C(N1CC3CCCNC3C1)=Nc1ccc(Cl)cc12. The van der Waals surface area contributed by atoms with E-state index in [2.05, 4.69) is 34.3 Å². The molecule has 6 heteroatoms. The molecule has 0 radical (unpaired) electrons. The number of rotatable bonds is 0. The third-order valence-corrected chi connectivity index (χ3v) is 6.06. The highest BCUT2D eigenvalue weighted by Crippen LogP contribution is 2.38. The Morgan fingerprint density at radius 3 is 3.04 bits per heavy atom. The Morgan fingerprint density at radius 2 is 2.15 bits per heavy atom. The summed E-state index contributed by atoms with van der Waals surface area (Å²) in [5.74, 6) is 2.68. The van der Waals surface area contributed by atoms with Crippen molar-refractivity contribution in [2.75, 3.05) is 24.5 Å². The van der Waals surface area contributed by atoms with Gasteiger partial charge in [0.1, 0.15) is 0 Å². The Balaban J connectivity index is 1.59. The summed E-state index contributed by atoms with van der Waals surface area (Å²) in [6.07, 6.45) is 7.85. The third kappa shape index (κ3) is 2.74. The van der Waals surface area contributed by atoms with Gasteiger partial charge < -0.3 is 10.2 Å². The quantitative estimate of drug-likeness (QED) is 0.760. The van der Waals surface area contributed by atoms with Crippen molar-refractivity contribution in [2.45, 2.75) is 38.3 Å². The van der Waals surface area contributed by atoms with E-state index in [-0.39, 0.29) is 6.04 Å². The molecule has 1 N–H and O–H groups in total. The van der Waals surface area contributed by atoms with Crippen molar-refractivity contribution < 1.29 is 0 Å². The predicted molar refractivity (Wildman–Crippen MR) is 108 cm³/mol. The molecule has 2 fully saturated rings. The first-order chi connectivity index (χ1) is 12.7. The molecule has 2 saturated heterocycles. The van der Waals surface area contributed by atoms with E-state index in [4.69, 9.17) is 21.6 Å². The molecule has 0 aromatic heterocycles. The van der Waals surface area contributed by atoms with E-state index < -0.39 is 0 Å². The van der Waals surface area contributed by atoms with Gasteiger partial charge in [-0.05, 0) is 56.8 Å². The summed E-state index contributed by atoms with van der Waals surface area (Å²) in [5, 5.41) is 4.41. The molecule has 5 nitrogen and oxygen atoms in total. The van der Waals surface area contributed by atoms with E-state index in [1.165, 1.54) is 12.8 Å². The van der Waals surface area contributed by atoms with Crippen LogP contribution in [0.4, 0.5) is 11.4 Å². The van der Waals surface area contributed by atoms with Crippen LogP contribution in [0.15, 0.2) is 40.5 Å². The average molecular weight is 370 g/mol. The van der Waals surface area contributed by atoms with Crippen LogP contribution in [-0.2, 0) is 0 Å². The number of nitrogens with zero attached hydrogens (tertiary/aromatic N) is 4. The Bertz CT molecular complexity index is 800. The zero-order valence-electron chi connectivity index (χ0n) is 15.0. The standard InChI is InChI=1S/C20H24ClN5/c1-13-4-3-9-26-18-10-15(21)6-7-16(18)24-19(20(26)23-13)25-11-14-5-2-8-22-17(14)12-25/h3,6-7,9-10,13-14,17,22H,2,4-5,8,11-12H2,1H3. The Hall–Kier alpha value is -1.85. The lowest BCUT2D eigenvalue weighted by atomic mass is 9.94. The van der Waals surface area contributed by atoms with Crippen molar-refractivity contribution in [3.05, 3.63) is 35.5 Å². The first-order valence-electron chi connectivity index (χ1n) is 9.59. The number of piperidine rings is 1. The summed E-state index contributed by atoms with van der Waals surface area (Å²) < 4.78 is 0. The predicted octanol–water partition coefficient (Wildman–Crippen LogP) is 3.58. The van der Waals surface area contributed by atoms with Gasteiger partial charge in [0, 0.05) is 30.4 Å². The van der Waals surface area contributed by atoms with Crippen molar-refractivity contribution in [3.63, 3.8) is 0 Å². The highest BCUT2D eigenvalue weighted by molar-refractivity contribution is 6.48. The van der Waals surface area contributed by atoms with Crippen LogP contribution in [0.25, 0.3) is 0 Å². The van der Waals surface area contributed by atoms with Gasteiger partial charge in [0.25, 0.3) is 0 Å². The normalized spacial score (nSPS) is 30.2. The summed E-state index contributed by atoms with van der Waals surface area (Å²) in [4.78, 5) is 14.7. The summed E-state index contributed by atoms with van der Waals surface area (Å²) >= 11 is 6.27. The molecule has 0 aliphatic carbocycles. The van der Waals surface area contributed by atoms with Crippen LogP contribution >= 0.6 is 11.6 Å². The monoisotopic (exact) mass is 369 g/mol. The van der Waals surface area contributed by atoms with Crippen LogP contribution in [0.3, 0.4) is 0 Å². The lowest BCUT2D eigenvalue weighted by Crippen LogP contribution is -2.46. The van der Waals surface area contributed by atoms with Gasteiger partial charge in [0.15, 0.2) is 11.7 Å². The van der Waals surface area contributed by atoms with Gasteiger partial charge in [-0.15, -0.1) is 0 Å². The van der Waals surface area contributed by atoms with Gasteiger partial charge >= 0.3 is 0 Å². The minimum Gasteiger partial charge on any atom is -0.352 e. The minimum absolute atomic E-state index is 0.250. The lowest BCUT2D eigenvalue weighted by Gasteiger charge is -2.33. The van der Waals surface area contributed by atoms with Gasteiger partial charge in [-0.3, -0.25) is 9.89 Å². The fourth-order valence-electron chi connectivity index (χ4n) is 4.50. The molecule has 4 aliphatic rings. The highest BCUT2D eigenvalue weighted by atomic mass is 35.5. The van der Waals surface area contributed by atoms with E-state index in [0.717, 1.165) is 54.1 Å². The molecule has 1 aromatic carbocycles. The van der Waals surface area contributed by atoms with E-state index in [0.29, 0.717) is 12.0 Å². The largest absolute Gasteiger partial charge is 0.352 e.